The van der Waals surface area contributed by atoms with Crippen molar-refractivity contribution < 1.29 is 18.3 Å². The molecule has 102 valence electrons. The maximum absolute atomic E-state index is 11.0. The Hall–Kier alpha value is -0.620. The second-order valence-corrected chi connectivity index (χ2v) is 7.67. The minimum absolute atomic E-state index is 0.105. The Morgan fingerprint density at radius 1 is 1.35 bits per heavy atom. The molecule has 2 atom stereocenters. The smallest absolute Gasteiger partial charge is 0.321 e. The molecule has 0 aliphatic rings. The van der Waals surface area contributed by atoms with E-state index in [1.165, 1.54) is 0 Å². The first-order valence-corrected chi connectivity index (χ1v) is 7.50. The lowest BCUT2D eigenvalue weighted by molar-refractivity contribution is -0.139. The zero-order valence-corrected chi connectivity index (χ0v) is 12.0. The van der Waals surface area contributed by atoms with Gasteiger partial charge in [0.25, 0.3) is 0 Å². The molecule has 0 amide bonds. The third kappa shape index (κ3) is 9.12. The standard InChI is InChI=1S/C11H23NO4S/c1-8(7-11(2,3)4)6-9(10(13)14)12-17(5,15)16/h8-9,12H,6-7H2,1-5H3,(H,13,14). The van der Waals surface area contributed by atoms with Crippen LogP contribution >= 0.6 is 0 Å². The first-order valence-electron chi connectivity index (χ1n) is 5.61. The summed E-state index contributed by atoms with van der Waals surface area (Å²) in [5, 5.41) is 8.96. The van der Waals surface area contributed by atoms with Crippen molar-refractivity contribution in [3.8, 4) is 0 Å². The van der Waals surface area contributed by atoms with Gasteiger partial charge in [-0.15, -0.1) is 0 Å². The van der Waals surface area contributed by atoms with Crippen molar-refractivity contribution >= 4 is 16.0 Å². The van der Waals surface area contributed by atoms with Crippen LogP contribution in [0.2, 0.25) is 0 Å². The van der Waals surface area contributed by atoms with Gasteiger partial charge in [0, 0.05) is 0 Å². The van der Waals surface area contributed by atoms with E-state index in [0.717, 1.165) is 12.7 Å². The van der Waals surface area contributed by atoms with Crippen LogP contribution in [0.4, 0.5) is 0 Å². The summed E-state index contributed by atoms with van der Waals surface area (Å²) >= 11 is 0. The van der Waals surface area contributed by atoms with E-state index in [0.29, 0.717) is 6.42 Å². The SMILES string of the molecule is CC(CC(NS(C)(=O)=O)C(=O)O)CC(C)(C)C. The van der Waals surface area contributed by atoms with Crippen LogP contribution in [0, 0.1) is 11.3 Å². The Morgan fingerprint density at radius 2 is 1.82 bits per heavy atom. The van der Waals surface area contributed by atoms with Gasteiger partial charge < -0.3 is 5.11 Å². The predicted molar refractivity (Wildman–Crippen MR) is 67.3 cm³/mol. The average molecular weight is 265 g/mol. The van der Waals surface area contributed by atoms with Crippen LogP contribution in [-0.4, -0.2) is 31.8 Å². The molecule has 2 N–H and O–H groups in total. The number of carbonyl (C=O) groups is 1. The highest BCUT2D eigenvalue weighted by atomic mass is 32.2. The van der Waals surface area contributed by atoms with E-state index in [4.69, 9.17) is 5.11 Å². The Morgan fingerprint density at radius 3 is 2.12 bits per heavy atom. The van der Waals surface area contributed by atoms with E-state index in [-0.39, 0.29) is 11.3 Å². The van der Waals surface area contributed by atoms with Gasteiger partial charge in [0.15, 0.2) is 0 Å². The van der Waals surface area contributed by atoms with E-state index < -0.39 is 22.0 Å². The van der Waals surface area contributed by atoms with Crippen molar-refractivity contribution in [2.45, 2.75) is 46.6 Å². The molecule has 6 heteroatoms. The molecule has 0 aromatic rings. The molecule has 5 nitrogen and oxygen atoms in total. The highest BCUT2D eigenvalue weighted by Crippen LogP contribution is 2.26. The minimum Gasteiger partial charge on any atom is -0.480 e. The van der Waals surface area contributed by atoms with E-state index in [2.05, 4.69) is 25.5 Å². The molecular weight excluding hydrogens is 242 g/mol. The lowest BCUT2D eigenvalue weighted by Crippen LogP contribution is -2.41. The minimum atomic E-state index is -3.49. The zero-order chi connectivity index (χ0) is 13.9. The number of carboxylic acid groups (broad SMARTS) is 1. The summed E-state index contributed by atoms with van der Waals surface area (Å²) in [4.78, 5) is 11.0. The van der Waals surface area contributed by atoms with Crippen LogP contribution in [0.5, 0.6) is 0 Å². The molecule has 0 saturated carbocycles. The van der Waals surface area contributed by atoms with Gasteiger partial charge in [-0.25, -0.2) is 13.1 Å². The van der Waals surface area contributed by atoms with E-state index in [9.17, 15) is 13.2 Å². The third-order valence-corrected chi connectivity index (χ3v) is 2.97. The summed E-state index contributed by atoms with van der Waals surface area (Å²) in [6, 6.07) is -1.04. The quantitative estimate of drug-likeness (QED) is 0.761. The maximum Gasteiger partial charge on any atom is 0.321 e. The molecule has 0 aliphatic carbocycles. The third-order valence-electron chi connectivity index (χ3n) is 2.25. The lowest BCUT2D eigenvalue weighted by Gasteiger charge is -2.25. The Labute approximate surface area is 104 Å². The molecule has 0 radical (unpaired) electrons. The molecule has 0 aromatic carbocycles. The van der Waals surface area contributed by atoms with Gasteiger partial charge >= 0.3 is 5.97 Å². The molecule has 17 heavy (non-hydrogen) atoms. The second-order valence-electron chi connectivity index (χ2n) is 5.89. The number of sulfonamides is 1. The molecule has 2 unspecified atom stereocenters. The predicted octanol–water partition coefficient (Wildman–Crippen LogP) is 1.45. The number of hydrogen-bond acceptors (Lipinski definition) is 3. The maximum atomic E-state index is 11.0. The Balaban J connectivity index is 4.52. The summed E-state index contributed by atoms with van der Waals surface area (Å²) in [5.74, 6) is -0.985. The van der Waals surface area contributed by atoms with Crippen molar-refractivity contribution in [3.05, 3.63) is 0 Å². The molecule has 0 aromatic heterocycles. The van der Waals surface area contributed by atoms with E-state index in [1.807, 2.05) is 6.92 Å². The molecule has 0 spiro atoms. The van der Waals surface area contributed by atoms with Gasteiger partial charge in [-0.05, 0) is 24.2 Å². The summed E-state index contributed by atoms with van der Waals surface area (Å²) in [5.41, 5.74) is 0.105. The highest BCUT2D eigenvalue weighted by molar-refractivity contribution is 7.88. The summed E-state index contributed by atoms with van der Waals surface area (Å²) in [6.45, 7) is 8.15. The Kier molecular flexibility index (Phi) is 5.61. The molecule has 0 saturated heterocycles. The fraction of sp³-hybridized carbons (Fsp3) is 0.909. The molecule has 0 heterocycles. The summed E-state index contributed by atoms with van der Waals surface area (Å²) in [6.07, 6.45) is 2.12. The Bertz CT molecular complexity index is 356. The fourth-order valence-corrected chi connectivity index (χ4v) is 2.70. The number of aliphatic carboxylic acids is 1. The molecule has 0 bridgehead atoms. The van der Waals surface area contributed by atoms with Crippen molar-refractivity contribution in [1.29, 1.82) is 0 Å². The summed E-state index contributed by atoms with van der Waals surface area (Å²) in [7, 11) is -3.49. The van der Waals surface area contributed by atoms with Crippen LogP contribution in [0.15, 0.2) is 0 Å². The number of nitrogens with one attached hydrogen (secondary N) is 1. The van der Waals surface area contributed by atoms with Crippen molar-refractivity contribution in [1.82, 2.24) is 4.72 Å². The van der Waals surface area contributed by atoms with Crippen molar-refractivity contribution in [2.24, 2.45) is 11.3 Å². The van der Waals surface area contributed by atoms with Crippen LogP contribution in [-0.2, 0) is 14.8 Å². The number of rotatable bonds is 6. The number of hydrogen-bond donors (Lipinski definition) is 2. The highest BCUT2D eigenvalue weighted by Gasteiger charge is 2.25. The topological polar surface area (TPSA) is 83.5 Å². The largest absolute Gasteiger partial charge is 0.480 e. The average Bonchev–Trinajstić information content (AvgIpc) is 1.95. The van der Waals surface area contributed by atoms with Gasteiger partial charge in [-0.1, -0.05) is 27.7 Å². The van der Waals surface area contributed by atoms with Crippen LogP contribution < -0.4 is 4.72 Å². The zero-order valence-electron chi connectivity index (χ0n) is 11.1. The van der Waals surface area contributed by atoms with Crippen molar-refractivity contribution in [3.63, 3.8) is 0 Å². The van der Waals surface area contributed by atoms with Gasteiger partial charge in [-0.2, -0.15) is 0 Å². The van der Waals surface area contributed by atoms with E-state index in [1.54, 1.807) is 0 Å². The van der Waals surface area contributed by atoms with Crippen molar-refractivity contribution in [2.75, 3.05) is 6.26 Å². The first kappa shape index (κ1) is 16.4. The van der Waals surface area contributed by atoms with Gasteiger partial charge in [-0.3, -0.25) is 4.79 Å². The van der Waals surface area contributed by atoms with Gasteiger partial charge in [0.1, 0.15) is 6.04 Å². The van der Waals surface area contributed by atoms with Crippen LogP contribution in [0.25, 0.3) is 0 Å². The number of carboxylic acids is 1. The second kappa shape index (κ2) is 5.82. The summed E-state index contributed by atoms with van der Waals surface area (Å²) < 4.78 is 24.2. The monoisotopic (exact) mass is 265 g/mol. The molecule has 0 fully saturated rings. The van der Waals surface area contributed by atoms with Crippen LogP contribution in [0.1, 0.15) is 40.5 Å². The van der Waals surface area contributed by atoms with Crippen LogP contribution in [0.3, 0.4) is 0 Å². The fourth-order valence-electron chi connectivity index (χ4n) is 1.99. The van der Waals surface area contributed by atoms with Gasteiger partial charge in [0.2, 0.25) is 10.0 Å². The van der Waals surface area contributed by atoms with E-state index >= 15 is 0 Å². The normalized spacial score (nSPS) is 16.5. The lowest BCUT2D eigenvalue weighted by atomic mass is 9.83. The molecule has 0 aliphatic heterocycles. The molecular formula is C11H23NO4S. The first-order chi connectivity index (χ1) is 7.41. The van der Waals surface area contributed by atoms with Gasteiger partial charge in [0.05, 0.1) is 6.26 Å². The molecule has 0 rings (SSSR count).